The van der Waals surface area contributed by atoms with Gasteiger partial charge in [-0.2, -0.15) is 0 Å². The molecule has 0 saturated carbocycles. The van der Waals surface area contributed by atoms with Crippen LogP contribution >= 0.6 is 23.2 Å². The molecule has 1 rings (SSSR count). The van der Waals surface area contributed by atoms with E-state index in [1.165, 1.54) is 30.4 Å². The summed E-state index contributed by atoms with van der Waals surface area (Å²) < 4.78 is 0. The van der Waals surface area contributed by atoms with E-state index in [2.05, 4.69) is 26.8 Å². The van der Waals surface area contributed by atoms with Gasteiger partial charge < -0.3 is 0 Å². The molecule has 0 saturated heterocycles. The van der Waals surface area contributed by atoms with Crippen LogP contribution in [0.3, 0.4) is 0 Å². The van der Waals surface area contributed by atoms with Crippen molar-refractivity contribution in [3.63, 3.8) is 0 Å². The van der Waals surface area contributed by atoms with Crippen molar-refractivity contribution in [3.05, 3.63) is 33.8 Å². The number of hydrogen-bond acceptors (Lipinski definition) is 0. The second-order valence-corrected chi connectivity index (χ2v) is 6.05. The van der Waals surface area contributed by atoms with E-state index in [1.807, 2.05) is 13.0 Å². The average Bonchev–Trinajstić information content (AvgIpc) is 2.34. The van der Waals surface area contributed by atoms with Crippen LogP contribution in [0.15, 0.2) is 12.1 Å². The number of halogens is 2. The molecular formula is C16H24Cl2. The zero-order valence-electron chi connectivity index (χ0n) is 11.9. The van der Waals surface area contributed by atoms with Crippen LogP contribution < -0.4 is 0 Å². The number of rotatable bonds is 6. The van der Waals surface area contributed by atoms with Crippen molar-refractivity contribution in [2.24, 2.45) is 5.92 Å². The Labute approximate surface area is 122 Å². The molecule has 0 amide bonds. The first-order valence-corrected chi connectivity index (χ1v) is 7.73. The molecule has 2 heteroatoms. The van der Waals surface area contributed by atoms with Gasteiger partial charge in [-0.1, -0.05) is 50.8 Å². The zero-order valence-corrected chi connectivity index (χ0v) is 13.4. The molecule has 0 fully saturated rings. The second-order valence-electron chi connectivity index (χ2n) is 5.17. The van der Waals surface area contributed by atoms with Crippen LogP contribution in [0.5, 0.6) is 0 Å². The minimum absolute atomic E-state index is 0.109. The summed E-state index contributed by atoms with van der Waals surface area (Å²) in [5.74, 6) is 0.561. The van der Waals surface area contributed by atoms with Gasteiger partial charge in [0, 0.05) is 5.02 Å². The number of unbranched alkanes of at least 4 members (excludes halogenated alkanes) is 1. The molecule has 0 nitrogen and oxygen atoms in total. The van der Waals surface area contributed by atoms with Crippen molar-refractivity contribution < 1.29 is 0 Å². The molecule has 0 aliphatic rings. The quantitative estimate of drug-likeness (QED) is 0.527. The predicted molar refractivity (Wildman–Crippen MR) is 82.8 cm³/mol. The van der Waals surface area contributed by atoms with Gasteiger partial charge in [0.15, 0.2) is 0 Å². The normalized spacial score (nSPS) is 14.6. The van der Waals surface area contributed by atoms with Crippen LogP contribution in [-0.4, -0.2) is 0 Å². The molecular weight excluding hydrogens is 263 g/mol. The minimum atomic E-state index is 0.109. The van der Waals surface area contributed by atoms with E-state index in [9.17, 15) is 0 Å². The lowest BCUT2D eigenvalue weighted by Crippen LogP contribution is -2.09. The summed E-state index contributed by atoms with van der Waals surface area (Å²) in [6.07, 6.45) is 4.84. The van der Waals surface area contributed by atoms with Gasteiger partial charge in [0.25, 0.3) is 0 Å². The summed E-state index contributed by atoms with van der Waals surface area (Å²) in [6, 6.07) is 4.19. The van der Waals surface area contributed by atoms with Crippen LogP contribution in [-0.2, 0) is 0 Å². The number of benzene rings is 1. The highest BCUT2D eigenvalue weighted by Crippen LogP contribution is 2.37. The molecule has 0 spiro atoms. The SMILES string of the molecule is CCCCC(CC)C(Cl)c1cc(C)c(Cl)cc1C. The van der Waals surface area contributed by atoms with E-state index in [0.29, 0.717) is 5.92 Å². The molecule has 18 heavy (non-hydrogen) atoms. The third-order valence-corrected chi connectivity index (χ3v) is 4.71. The van der Waals surface area contributed by atoms with E-state index in [-0.39, 0.29) is 5.38 Å². The lowest BCUT2D eigenvalue weighted by molar-refractivity contribution is 0.436. The molecule has 0 radical (unpaired) electrons. The van der Waals surface area contributed by atoms with Gasteiger partial charge in [-0.15, -0.1) is 11.6 Å². The molecule has 102 valence electrons. The lowest BCUT2D eigenvalue weighted by atomic mass is 9.89. The number of aryl methyl sites for hydroxylation is 2. The van der Waals surface area contributed by atoms with E-state index in [1.54, 1.807) is 0 Å². The Morgan fingerprint density at radius 1 is 1.11 bits per heavy atom. The molecule has 0 bridgehead atoms. The number of hydrogen-bond donors (Lipinski definition) is 0. The third-order valence-electron chi connectivity index (χ3n) is 3.71. The van der Waals surface area contributed by atoms with Gasteiger partial charge in [-0.3, -0.25) is 0 Å². The summed E-state index contributed by atoms with van der Waals surface area (Å²) in [5.41, 5.74) is 3.58. The molecule has 1 aromatic rings. The van der Waals surface area contributed by atoms with Crippen LogP contribution in [0, 0.1) is 19.8 Å². The zero-order chi connectivity index (χ0) is 13.7. The Morgan fingerprint density at radius 2 is 1.78 bits per heavy atom. The second kappa shape index (κ2) is 7.40. The van der Waals surface area contributed by atoms with Crippen molar-refractivity contribution in [2.45, 2.75) is 58.8 Å². The van der Waals surface area contributed by atoms with Gasteiger partial charge in [-0.05, 0) is 48.9 Å². The number of alkyl halides is 1. The summed E-state index contributed by atoms with van der Waals surface area (Å²) in [6.45, 7) is 8.60. The van der Waals surface area contributed by atoms with Gasteiger partial charge in [-0.25, -0.2) is 0 Å². The topological polar surface area (TPSA) is 0 Å². The Morgan fingerprint density at radius 3 is 2.33 bits per heavy atom. The van der Waals surface area contributed by atoms with Crippen molar-refractivity contribution in [2.75, 3.05) is 0 Å². The fourth-order valence-electron chi connectivity index (χ4n) is 2.38. The van der Waals surface area contributed by atoms with Gasteiger partial charge in [0.2, 0.25) is 0 Å². The monoisotopic (exact) mass is 286 g/mol. The standard InChI is InChI=1S/C16H24Cl2/c1-5-7-8-13(6-2)16(18)14-9-12(4)15(17)10-11(14)3/h9-10,13,16H,5-8H2,1-4H3. The first-order valence-electron chi connectivity index (χ1n) is 6.91. The smallest absolute Gasteiger partial charge is 0.0615 e. The minimum Gasteiger partial charge on any atom is -0.118 e. The van der Waals surface area contributed by atoms with Crippen molar-refractivity contribution in [1.82, 2.24) is 0 Å². The molecule has 0 aliphatic heterocycles. The van der Waals surface area contributed by atoms with Crippen molar-refractivity contribution in [3.8, 4) is 0 Å². The Bertz CT molecular complexity index is 385. The van der Waals surface area contributed by atoms with Crippen molar-refractivity contribution in [1.29, 1.82) is 0 Å². The Hall–Kier alpha value is -0.200. The van der Waals surface area contributed by atoms with Crippen LogP contribution in [0.1, 0.15) is 61.6 Å². The van der Waals surface area contributed by atoms with E-state index >= 15 is 0 Å². The van der Waals surface area contributed by atoms with E-state index in [0.717, 1.165) is 17.0 Å². The van der Waals surface area contributed by atoms with Gasteiger partial charge in [0.1, 0.15) is 0 Å². The highest BCUT2D eigenvalue weighted by Gasteiger charge is 2.21. The lowest BCUT2D eigenvalue weighted by Gasteiger charge is -2.23. The first-order chi connectivity index (χ1) is 8.51. The summed E-state index contributed by atoms with van der Waals surface area (Å²) >= 11 is 12.8. The van der Waals surface area contributed by atoms with Crippen LogP contribution in [0.2, 0.25) is 5.02 Å². The predicted octanol–water partition coefficient (Wildman–Crippen LogP) is 6.45. The van der Waals surface area contributed by atoms with E-state index in [4.69, 9.17) is 23.2 Å². The molecule has 0 N–H and O–H groups in total. The highest BCUT2D eigenvalue weighted by atomic mass is 35.5. The van der Waals surface area contributed by atoms with Crippen LogP contribution in [0.4, 0.5) is 0 Å². The summed E-state index contributed by atoms with van der Waals surface area (Å²) in [5, 5.41) is 0.944. The third kappa shape index (κ3) is 3.90. The van der Waals surface area contributed by atoms with Gasteiger partial charge >= 0.3 is 0 Å². The maximum atomic E-state index is 6.69. The molecule has 0 aromatic heterocycles. The molecule has 0 heterocycles. The highest BCUT2D eigenvalue weighted by molar-refractivity contribution is 6.31. The van der Waals surface area contributed by atoms with Gasteiger partial charge in [0.05, 0.1) is 5.38 Å². The summed E-state index contributed by atoms with van der Waals surface area (Å²) in [4.78, 5) is 0. The fourth-order valence-corrected chi connectivity index (χ4v) is 3.14. The first kappa shape index (κ1) is 15.9. The maximum Gasteiger partial charge on any atom is 0.0615 e. The van der Waals surface area contributed by atoms with Crippen molar-refractivity contribution >= 4 is 23.2 Å². The van der Waals surface area contributed by atoms with E-state index < -0.39 is 0 Å². The maximum absolute atomic E-state index is 6.69. The average molecular weight is 287 g/mol. The Balaban J connectivity index is 2.94. The summed E-state index contributed by atoms with van der Waals surface area (Å²) in [7, 11) is 0. The molecule has 0 aliphatic carbocycles. The molecule has 2 atom stereocenters. The molecule has 2 unspecified atom stereocenters. The van der Waals surface area contributed by atoms with Crippen LogP contribution in [0.25, 0.3) is 0 Å². The fraction of sp³-hybridized carbons (Fsp3) is 0.625. The largest absolute Gasteiger partial charge is 0.118 e. The molecule has 1 aromatic carbocycles. The Kier molecular flexibility index (Phi) is 6.52.